The zero-order valence-electron chi connectivity index (χ0n) is 18.0. The lowest BCUT2D eigenvalue weighted by molar-refractivity contribution is 0.530. The maximum atomic E-state index is 2.42. The Morgan fingerprint density at radius 1 is 0.320 bits per heavy atom. The molecule has 0 aliphatic carbocycles. The van der Waals surface area contributed by atoms with Gasteiger partial charge in [-0.2, -0.15) is 0 Å². The van der Waals surface area contributed by atoms with Crippen LogP contribution in [0.1, 0.15) is 149 Å². The van der Waals surface area contributed by atoms with Gasteiger partial charge in [-0.1, -0.05) is 135 Å². The summed E-state index contributed by atoms with van der Waals surface area (Å²) in [6.45, 7) is 4.58. The lowest BCUT2D eigenvalue weighted by Crippen LogP contribution is -1.83. The molecule has 0 spiro atoms. The summed E-state index contributed by atoms with van der Waals surface area (Å²) in [4.78, 5) is 0. The molecule has 0 aromatic rings. The Balaban J connectivity index is 3.00. The smallest absolute Gasteiger partial charge is 0.0351 e. The normalized spacial score (nSPS) is 11.6. The average molecular weight is 351 g/mol. The molecule has 0 aliphatic rings. The van der Waals surface area contributed by atoms with E-state index < -0.39 is 0 Å². The van der Waals surface area contributed by atoms with Crippen LogP contribution >= 0.6 is 0 Å². The molecule has 0 amide bonds. The summed E-state index contributed by atoms with van der Waals surface area (Å²) < 4.78 is 0. The Morgan fingerprint density at radius 2 is 0.560 bits per heavy atom. The first-order valence-corrected chi connectivity index (χ1v) is 12.1. The van der Waals surface area contributed by atoms with Crippen molar-refractivity contribution in [2.24, 2.45) is 0 Å². The fourth-order valence-corrected chi connectivity index (χ4v) is 3.56. The topological polar surface area (TPSA) is 0 Å². The third-order valence-corrected chi connectivity index (χ3v) is 5.37. The minimum absolute atomic E-state index is 1.30. The molecule has 25 heavy (non-hydrogen) atoms. The van der Waals surface area contributed by atoms with Gasteiger partial charge in [-0.25, -0.2) is 0 Å². The van der Waals surface area contributed by atoms with Crippen molar-refractivity contribution in [1.29, 1.82) is 0 Å². The highest BCUT2D eigenvalue weighted by Crippen LogP contribution is 2.14. The van der Waals surface area contributed by atoms with Gasteiger partial charge < -0.3 is 0 Å². The third-order valence-electron chi connectivity index (χ3n) is 5.37. The summed E-state index contributed by atoms with van der Waals surface area (Å²) in [7, 11) is 0. The fourth-order valence-electron chi connectivity index (χ4n) is 3.56. The van der Waals surface area contributed by atoms with Gasteiger partial charge in [-0.15, -0.1) is 0 Å². The van der Waals surface area contributed by atoms with Crippen molar-refractivity contribution < 1.29 is 0 Å². The van der Waals surface area contributed by atoms with Crippen molar-refractivity contribution in [2.75, 3.05) is 0 Å². The molecule has 0 rings (SSSR count). The van der Waals surface area contributed by atoms with Gasteiger partial charge in [0.15, 0.2) is 0 Å². The molecule has 0 atom stereocenters. The summed E-state index contributed by atoms with van der Waals surface area (Å²) in [5.41, 5.74) is 0. The summed E-state index contributed by atoms with van der Waals surface area (Å²) in [6.07, 6.45) is 34.9. The largest absolute Gasteiger partial charge is 0.0885 e. The summed E-state index contributed by atoms with van der Waals surface area (Å²) in [5, 5.41) is 0. The van der Waals surface area contributed by atoms with E-state index in [1.165, 1.54) is 135 Å². The third kappa shape index (κ3) is 23.7. The molecule has 0 unspecified atom stereocenters. The zero-order chi connectivity index (χ0) is 18.3. The molecule has 0 heterocycles. The molecule has 0 bridgehead atoms. The van der Waals surface area contributed by atoms with Crippen molar-refractivity contribution in [1.82, 2.24) is 0 Å². The van der Waals surface area contributed by atoms with Gasteiger partial charge in [0.05, 0.1) is 0 Å². The minimum atomic E-state index is 1.30. The van der Waals surface area contributed by atoms with Crippen LogP contribution in [-0.4, -0.2) is 0 Å². The van der Waals surface area contributed by atoms with Crippen molar-refractivity contribution in [3.63, 3.8) is 0 Å². The standard InChI is InChI=1S/C25H50/c1-3-5-7-9-11-13-15-17-19-21-23-25-24-22-20-18-16-14-12-10-8-6-4-2/h11,13H,3-10,12,14-25H2,1-2H3/b13-11+. The summed E-state index contributed by atoms with van der Waals surface area (Å²) >= 11 is 0. The number of hydrogen-bond acceptors (Lipinski definition) is 0. The van der Waals surface area contributed by atoms with Crippen LogP contribution in [-0.2, 0) is 0 Å². The number of rotatable bonds is 21. The van der Waals surface area contributed by atoms with E-state index >= 15 is 0 Å². The second kappa shape index (κ2) is 23.7. The quantitative estimate of drug-likeness (QED) is 0.143. The van der Waals surface area contributed by atoms with E-state index in [0.717, 1.165) is 0 Å². The summed E-state index contributed by atoms with van der Waals surface area (Å²) in [5.74, 6) is 0. The van der Waals surface area contributed by atoms with Crippen LogP contribution in [0.4, 0.5) is 0 Å². The lowest BCUT2D eigenvalue weighted by Gasteiger charge is -2.03. The van der Waals surface area contributed by atoms with Crippen molar-refractivity contribution in [2.45, 2.75) is 149 Å². The molecule has 0 heteroatoms. The molecule has 0 radical (unpaired) electrons. The first-order chi connectivity index (χ1) is 12.4. The molecule has 0 nitrogen and oxygen atoms in total. The highest BCUT2D eigenvalue weighted by atomic mass is 14.0. The molecule has 0 aromatic heterocycles. The Kier molecular flexibility index (Phi) is 23.5. The predicted molar refractivity (Wildman–Crippen MR) is 117 cm³/mol. The average Bonchev–Trinajstić information content (AvgIpc) is 2.63. The van der Waals surface area contributed by atoms with Crippen molar-refractivity contribution >= 4 is 0 Å². The molecule has 0 fully saturated rings. The number of allylic oxidation sites excluding steroid dienone is 2. The number of unbranched alkanes of at least 4 members (excludes halogenated alkanes) is 19. The molecular weight excluding hydrogens is 300 g/mol. The van der Waals surface area contributed by atoms with Crippen LogP contribution < -0.4 is 0 Å². The van der Waals surface area contributed by atoms with Crippen LogP contribution in [0.5, 0.6) is 0 Å². The molecular formula is C25H50. The number of hydrogen-bond donors (Lipinski definition) is 0. The molecule has 0 N–H and O–H groups in total. The zero-order valence-corrected chi connectivity index (χ0v) is 18.0. The first kappa shape index (κ1) is 24.7. The van der Waals surface area contributed by atoms with Crippen LogP contribution in [0.25, 0.3) is 0 Å². The predicted octanol–water partition coefficient (Wildman–Crippen LogP) is 9.77. The highest BCUT2D eigenvalue weighted by molar-refractivity contribution is 4.81. The van der Waals surface area contributed by atoms with Gasteiger partial charge in [0, 0.05) is 0 Å². The van der Waals surface area contributed by atoms with Crippen LogP contribution in [0, 0.1) is 0 Å². The van der Waals surface area contributed by atoms with Gasteiger partial charge >= 0.3 is 0 Å². The summed E-state index contributed by atoms with van der Waals surface area (Å²) in [6, 6.07) is 0. The van der Waals surface area contributed by atoms with Crippen molar-refractivity contribution in [3.8, 4) is 0 Å². The molecule has 0 saturated heterocycles. The Hall–Kier alpha value is -0.260. The van der Waals surface area contributed by atoms with Gasteiger partial charge in [0.1, 0.15) is 0 Å². The minimum Gasteiger partial charge on any atom is -0.0885 e. The van der Waals surface area contributed by atoms with E-state index in [-0.39, 0.29) is 0 Å². The Labute approximate surface area is 161 Å². The van der Waals surface area contributed by atoms with Crippen LogP contribution in [0.2, 0.25) is 0 Å². The Bertz CT molecular complexity index is 240. The van der Waals surface area contributed by atoms with Gasteiger partial charge in [-0.3, -0.25) is 0 Å². The van der Waals surface area contributed by atoms with E-state index in [9.17, 15) is 0 Å². The van der Waals surface area contributed by atoms with E-state index in [1.54, 1.807) is 0 Å². The monoisotopic (exact) mass is 350 g/mol. The SMILES string of the molecule is CCCCC/C=C/CCCCCCCCCCCCCCCCCC. The second-order valence-corrected chi connectivity index (χ2v) is 8.06. The van der Waals surface area contributed by atoms with Crippen molar-refractivity contribution in [3.05, 3.63) is 12.2 Å². The molecule has 0 aromatic carbocycles. The second-order valence-electron chi connectivity index (χ2n) is 8.06. The van der Waals surface area contributed by atoms with E-state index in [0.29, 0.717) is 0 Å². The van der Waals surface area contributed by atoms with E-state index in [4.69, 9.17) is 0 Å². The fraction of sp³-hybridized carbons (Fsp3) is 0.920. The van der Waals surface area contributed by atoms with Gasteiger partial charge in [0.25, 0.3) is 0 Å². The molecule has 0 aliphatic heterocycles. The first-order valence-electron chi connectivity index (χ1n) is 12.1. The lowest BCUT2D eigenvalue weighted by atomic mass is 10.0. The maximum absolute atomic E-state index is 2.42. The van der Waals surface area contributed by atoms with Crippen LogP contribution in [0.15, 0.2) is 12.2 Å². The Morgan fingerprint density at radius 3 is 0.920 bits per heavy atom. The molecule has 0 saturated carbocycles. The van der Waals surface area contributed by atoms with E-state index in [1.807, 2.05) is 0 Å². The van der Waals surface area contributed by atoms with Gasteiger partial charge in [0.2, 0.25) is 0 Å². The van der Waals surface area contributed by atoms with Gasteiger partial charge in [-0.05, 0) is 25.7 Å². The van der Waals surface area contributed by atoms with Crippen LogP contribution in [0.3, 0.4) is 0 Å². The molecule has 150 valence electrons. The van der Waals surface area contributed by atoms with E-state index in [2.05, 4.69) is 26.0 Å². The maximum Gasteiger partial charge on any atom is -0.0351 e. The highest BCUT2D eigenvalue weighted by Gasteiger charge is 1.94.